The highest BCUT2D eigenvalue weighted by atomic mass is 15.3. The van der Waals surface area contributed by atoms with Crippen LogP contribution in [0.2, 0.25) is 0 Å². The van der Waals surface area contributed by atoms with Crippen molar-refractivity contribution in [3.05, 3.63) is 18.0 Å². The molecule has 2 atom stereocenters. The maximum absolute atomic E-state index is 4.58. The average Bonchev–Trinajstić information content (AvgIpc) is 2.76. The van der Waals surface area contributed by atoms with E-state index in [1.165, 1.54) is 19.5 Å². The third-order valence-corrected chi connectivity index (χ3v) is 3.85. The number of nitrogens with zero attached hydrogens (tertiary/aromatic N) is 3. The lowest BCUT2D eigenvalue weighted by Crippen LogP contribution is -2.46. The molecule has 4 heteroatoms. The Morgan fingerprint density at radius 2 is 2.28 bits per heavy atom. The van der Waals surface area contributed by atoms with Crippen LogP contribution in [0.25, 0.3) is 0 Å². The summed E-state index contributed by atoms with van der Waals surface area (Å²) in [4.78, 5) is 2.41. The normalized spacial score (nSPS) is 25.8. The number of nitrogens with one attached hydrogen (secondary N) is 1. The minimum Gasteiger partial charge on any atom is -0.308 e. The first-order valence-electron chi connectivity index (χ1n) is 7.02. The molecule has 0 radical (unpaired) electrons. The zero-order chi connectivity index (χ0) is 13.1. The van der Waals surface area contributed by atoms with Crippen LogP contribution >= 0.6 is 0 Å². The van der Waals surface area contributed by atoms with Gasteiger partial charge in [0.05, 0.1) is 5.69 Å². The summed E-state index contributed by atoms with van der Waals surface area (Å²) >= 11 is 0. The molecule has 0 spiro atoms. The highest BCUT2D eigenvalue weighted by Crippen LogP contribution is 2.15. The van der Waals surface area contributed by atoms with Gasteiger partial charge in [-0.1, -0.05) is 6.92 Å². The van der Waals surface area contributed by atoms with Gasteiger partial charge in [0.1, 0.15) is 0 Å². The molecule has 18 heavy (non-hydrogen) atoms. The number of likely N-dealkylation sites (tertiary alicyclic amines) is 1. The van der Waals surface area contributed by atoms with Crippen molar-refractivity contribution in [2.24, 2.45) is 5.92 Å². The van der Waals surface area contributed by atoms with Gasteiger partial charge < -0.3 is 10.2 Å². The molecule has 0 aliphatic carbocycles. The Morgan fingerprint density at radius 1 is 1.50 bits per heavy atom. The molecule has 1 aromatic rings. The van der Waals surface area contributed by atoms with Crippen LogP contribution in [-0.2, 0) is 6.54 Å². The molecule has 0 bridgehead atoms. The molecule has 2 unspecified atom stereocenters. The van der Waals surface area contributed by atoms with Crippen molar-refractivity contribution in [3.63, 3.8) is 0 Å². The monoisotopic (exact) mass is 250 g/mol. The lowest BCUT2D eigenvalue weighted by atomic mass is 9.94. The first-order chi connectivity index (χ1) is 8.56. The van der Waals surface area contributed by atoms with Crippen molar-refractivity contribution in [2.75, 3.05) is 20.1 Å². The Balaban J connectivity index is 1.83. The average molecular weight is 250 g/mol. The number of aromatic nitrogens is 2. The van der Waals surface area contributed by atoms with E-state index in [-0.39, 0.29) is 0 Å². The summed E-state index contributed by atoms with van der Waals surface area (Å²) in [6.07, 6.45) is 3.31. The SMILES string of the molecule is CC1CN(C)CCC1NCc1ccn(C(C)C)n1. The molecular formula is C14H26N4. The second-order valence-corrected chi connectivity index (χ2v) is 5.90. The highest BCUT2D eigenvalue weighted by molar-refractivity contribution is 5.00. The zero-order valence-corrected chi connectivity index (χ0v) is 12.1. The van der Waals surface area contributed by atoms with Crippen molar-refractivity contribution >= 4 is 0 Å². The van der Waals surface area contributed by atoms with Crippen LogP contribution in [0.3, 0.4) is 0 Å². The summed E-state index contributed by atoms with van der Waals surface area (Å²) in [6.45, 7) is 9.92. The molecule has 0 aromatic carbocycles. The molecule has 2 rings (SSSR count). The third kappa shape index (κ3) is 3.33. The van der Waals surface area contributed by atoms with Crippen LogP contribution in [0.4, 0.5) is 0 Å². The molecule has 1 aliphatic heterocycles. The van der Waals surface area contributed by atoms with Crippen molar-refractivity contribution in [1.82, 2.24) is 20.0 Å². The molecule has 1 N–H and O–H groups in total. The van der Waals surface area contributed by atoms with Gasteiger partial charge in [-0.25, -0.2) is 0 Å². The fraction of sp³-hybridized carbons (Fsp3) is 0.786. The molecule has 0 saturated carbocycles. The van der Waals surface area contributed by atoms with Crippen LogP contribution in [0.1, 0.15) is 38.9 Å². The summed E-state index contributed by atoms with van der Waals surface area (Å²) in [6, 6.07) is 3.19. The van der Waals surface area contributed by atoms with Gasteiger partial charge in [0.25, 0.3) is 0 Å². The van der Waals surface area contributed by atoms with E-state index in [2.05, 4.69) is 55.4 Å². The summed E-state index contributed by atoms with van der Waals surface area (Å²) in [5, 5.41) is 8.24. The highest BCUT2D eigenvalue weighted by Gasteiger charge is 2.23. The molecule has 1 aliphatic rings. The van der Waals surface area contributed by atoms with E-state index in [0.717, 1.165) is 18.2 Å². The Hall–Kier alpha value is -0.870. The lowest BCUT2D eigenvalue weighted by molar-refractivity contribution is 0.174. The molecule has 4 nitrogen and oxygen atoms in total. The molecule has 1 aromatic heterocycles. The fourth-order valence-electron chi connectivity index (χ4n) is 2.65. The number of piperidine rings is 1. The van der Waals surface area contributed by atoms with Crippen LogP contribution < -0.4 is 5.32 Å². The van der Waals surface area contributed by atoms with Gasteiger partial charge in [0, 0.05) is 31.4 Å². The Bertz CT molecular complexity index is 372. The Kier molecular flexibility index (Phi) is 4.40. The molecule has 0 amide bonds. The van der Waals surface area contributed by atoms with Crippen molar-refractivity contribution in [3.8, 4) is 0 Å². The topological polar surface area (TPSA) is 33.1 Å². The van der Waals surface area contributed by atoms with Crippen LogP contribution in [0.5, 0.6) is 0 Å². The number of hydrogen-bond donors (Lipinski definition) is 1. The summed E-state index contributed by atoms with van der Waals surface area (Å²) in [7, 11) is 2.21. The lowest BCUT2D eigenvalue weighted by Gasteiger charge is -2.35. The largest absolute Gasteiger partial charge is 0.308 e. The fourth-order valence-corrected chi connectivity index (χ4v) is 2.65. The predicted molar refractivity (Wildman–Crippen MR) is 74.5 cm³/mol. The van der Waals surface area contributed by atoms with E-state index in [4.69, 9.17) is 0 Å². The van der Waals surface area contributed by atoms with Crippen molar-refractivity contribution in [1.29, 1.82) is 0 Å². The minimum atomic E-state index is 0.445. The van der Waals surface area contributed by atoms with Crippen LogP contribution in [0, 0.1) is 5.92 Å². The van der Waals surface area contributed by atoms with Gasteiger partial charge in [0.15, 0.2) is 0 Å². The second kappa shape index (κ2) is 5.85. The van der Waals surface area contributed by atoms with Crippen molar-refractivity contribution < 1.29 is 0 Å². The standard InChI is InChI=1S/C14H26N4/c1-11(2)18-8-5-13(16-18)9-15-14-6-7-17(4)10-12(14)3/h5,8,11-12,14-15H,6-7,9-10H2,1-4H3. The van der Waals surface area contributed by atoms with Crippen LogP contribution in [-0.4, -0.2) is 40.9 Å². The van der Waals surface area contributed by atoms with Gasteiger partial charge in [-0.15, -0.1) is 0 Å². The number of rotatable bonds is 4. The summed E-state index contributed by atoms with van der Waals surface area (Å²) in [5.41, 5.74) is 1.15. The first-order valence-corrected chi connectivity index (χ1v) is 7.02. The molecule has 102 valence electrons. The van der Waals surface area contributed by atoms with Gasteiger partial charge in [0.2, 0.25) is 0 Å². The maximum Gasteiger partial charge on any atom is 0.0762 e. The Labute approximate surface area is 110 Å². The Morgan fingerprint density at radius 3 is 2.89 bits per heavy atom. The minimum absolute atomic E-state index is 0.445. The van der Waals surface area contributed by atoms with E-state index in [1.807, 2.05) is 4.68 Å². The molecule has 1 fully saturated rings. The summed E-state index contributed by atoms with van der Waals surface area (Å²) in [5.74, 6) is 0.718. The van der Waals surface area contributed by atoms with E-state index in [9.17, 15) is 0 Å². The summed E-state index contributed by atoms with van der Waals surface area (Å²) < 4.78 is 2.02. The van der Waals surface area contributed by atoms with Gasteiger partial charge in [-0.05, 0) is 45.8 Å². The van der Waals surface area contributed by atoms with Crippen LogP contribution in [0.15, 0.2) is 12.3 Å². The number of hydrogen-bond acceptors (Lipinski definition) is 3. The van der Waals surface area contributed by atoms with Gasteiger partial charge in [-0.3, -0.25) is 4.68 Å². The van der Waals surface area contributed by atoms with Gasteiger partial charge >= 0.3 is 0 Å². The third-order valence-electron chi connectivity index (χ3n) is 3.85. The maximum atomic E-state index is 4.58. The quantitative estimate of drug-likeness (QED) is 0.886. The van der Waals surface area contributed by atoms with E-state index < -0.39 is 0 Å². The second-order valence-electron chi connectivity index (χ2n) is 5.90. The molecule has 1 saturated heterocycles. The zero-order valence-electron chi connectivity index (χ0n) is 12.1. The van der Waals surface area contributed by atoms with E-state index in [1.54, 1.807) is 0 Å². The van der Waals surface area contributed by atoms with Crippen molar-refractivity contribution in [2.45, 2.75) is 45.8 Å². The van der Waals surface area contributed by atoms with E-state index >= 15 is 0 Å². The first kappa shape index (κ1) is 13.6. The predicted octanol–water partition coefficient (Wildman–Crippen LogP) is 1.89. The van der Waals surface area contributed by atoms with Gasteiger partial charge in [-0.2, -0.15) is 5.10 Å². The van der Waals surface area contributed by atoms with E-state index in [0.29, 0.717) is 12.1 Å². The molecule has 2 heterocycles. The molecular weight excluding hydrogens is 224 g/mol. The smallest absolute Gasteiger partial charge is 0.0762 e.